The summed E-state index contributed by atoms with van der Waals surface area (Å²) < 4.78 is 6.08. The number of nitrogens with zero attached hydrogens (tertiary/aromatic N) is 2. The highest BCUT2D eigenvalue weighted by Gasteiger charge is 2.31. The third-order valence-electron chi connectivity index (χ3n) is 6.66. The molecule has 0 spiro atoms. The van der Waals surface area contributed by atoms with Crippen molar-refractivity contribution in [2.75, 3.05) is 25.0 Å². The molecule has 1 aromatic rings. The normalized spacial score (nSPS) is 26.9. The van der Waals surface area contributed by atoms with E-state index in [0.29, 0.717) is 23.9 Å². The number of likely N-dealkylation sites (tertiary alicyclic amines) is 1. The minimum atomic E-state index is -0.291. The molecule has 2 aliphatic carbocycles. The Labute approximate surface area is 167 Å². The number of benzene rings is 1. The SMILES string of the molecule is Cc1ccc([N+](=O)[O-])c(NC2CCN([C@H]3CC[C@H](OCC4CC4)CC3)CC2)c1. The van der Waals surface area contributed by atoms with Crippen LogP contribution in [0.1, 0.15) is 56.9 Å². The molecule has 0 amide bonds. The van der Waals surface area contributed by atoms with E-state index in [-0.39, 0.29) is 10.6 Å². The third-order valence-corrected chi connectivity index (χ3v) is 6.66. The van der Waals surface area contributed by atoms with Gasteiger partial charge >= 0.3 is 0 Å². The first-order chi connectivity index (χ1) is 13.6. The largest absolute Gasteiger partial charge is 0.378 e. The molecule has 28 heavy (non-hydrogen) atoms. The Kier molecular flexibility index (Phi) is 6.16. The second-order valence-corrected chi connectivity index (χ2v) is 8.94. The van der Waals surface area contributed by atoms with Crippen molar-refractivity contribution in [3.8, 4) is 0 Å². The molecule has 0 atom stereocenters. The van der Waals surface area contributed by atoms with Gasteiger partial charge in [0.15, 0.2) is 0 Å². The molecule has 0 aromatic heterocycles. The second-order valence-electron chi connectivity index (χ2n) is 8.94. The second kappa shape index (κ2) is 8.78. The Morgan fingerprint density at radius 2 is 1.82 bits per heavy atom. The molecule has 2 saturated carbocycles. The number of nitro benzene ring substituents is 1. The van der Waals surface area contributed by atoms with Crippen LogP contribution in [-0.2, 0) is 4.74 Å². The molecule has 4 rings (SSSR count). The average molecular weight is 388 g/mol. The number of nitrogens with one attached hydrogen (secondary N) is 1. The van der Waals surface area contributed by atoms with Crippen LogP contribution in [0.4, 0.5) is 11.4 Å². The molecule has 0 unspecified atom stereocenters. The van der Waals surface area contributed by atoms with Gasteiger partial charge in [0, 0.05) is 37.8 Å². The maximum absolute atomic E-state index is 11.3. The van der Waals surface area contributed by atoms with Gasteiger partial charge in [0.2, 0.25) is 0 Å². The van der Waals surface area contributed by atoms with Crippen LogP contribution in [0.5, 0.6) is 0 Å². The maximum atomic E-state index is 11.3. The number of aryl methyl sites for hydroxylation is 1. The highest BCUT2D eigenvalue weighted by molar-refractivity contribution is 5.63. The van der Waals surface area contributed by atoms with Gasteiger partial charge in [-0.1, -0.05) is 6.07 Å². The summed E-state index contributed by atoms with van der Waals surface area (Å²) in [6, 6.07) is 6.31. The van der Waals surface area contributed by atoms with Crippen molar-refractivity contribution < 1.29 is 9.66 Å². The molecule has 0 bridgehead atoms. The van der Waals surface area contributed by atoms with Gasteiger partial charge in [-0.2, -0.15) is 0 Å². The van der Waals surface area contributed by atoms with Crippen molar-refractivity contribution in [2.24, 2.45) is 5.92 Å². The van der Waals surface area contributed by atoms with E-state index in [1.807, 2.05) is 13.0 Å². The van der Waals surface area contributed by atoms with Crippen LogP contribution in [-0.4, -0.2) is 47.7 Å². The average Bonchev–Trinajstić information content (AvgIpc) is 3.52. The van der Waals surface area contributed by atoms with Gasteiger partial charge in [-0.3, -0.25) is 10.1 Å². The van der Waals surface area contributed by atoms with Crippen molar-refractivity contribution in [3.63, 3.8) is 0 Å². The van der Waals surface area contributed by atoms with Crippen LogP contribution in [0.25, 0.3) is 0 Å². The first-order valence-electron chi connectivity index (χ1n) is 11.0. The molecule has 0 radical (unpaired) electrons. The lowest BCUT2D eigenvalue weighted by atomic mass is 9.90. The zero-order chi connectivity index (χ0) is 19.5. The van der Waals surface area contributed by atoms with Crippen LogP contribution in [0.2, 0.25) is 0 Å². The highest BCUT2D eigenvalue weighted by atomic mass is 16.6. The molecule has 1 N–H and O–H groups in total. The Bertz CT molecular complexity index is 676. The van der Waals surface area contributed by atoms with Crippen molar-refractivity contribution in [1.82, 2.24) is 4.90 Å². The fourth-order valence-electron chi connectivity index (χ4n) is 4.69. The monoisotopic (exact) mass is 387 g/mol. The number of hydrogen-bond acceptors (Lipinski definition) is 5. The van der Waals surface area contributed by atoms with Crippen molar-refractivity contribution >= 4 is 11.4 Å². The number of anilines is 1. The Hall–Kier alpha value is -1.66. The molecular weight excluding hydrogens is 354 g/mol. The summed E-state index contributed by atoms with van der Waals surface area (Å²) in [5.74, 6) is 0.855. The van der Waals surface area contributed by atoms with Gasteiger partial charge < -0.3 is 15.0 Å². The molecule has 3 aliphatic rings. The molecule has 1 aromatic carbocycles. The molecular formula is C22H33N3O3. The standard InChI is InChI=1S/C22H33N3O3/c1-16-2-9-22(25(26)27)21(14-16)23-18-10-12-24(13-11-18)19-5-7-20(8-6-19)28-15-17-3-4-17/h2,9,14,17-20,23H,3-8,10-13,15H2,1H3/t19-,20-. The van der Waals surface area contributed by atoms with E-state index in [0.717, 1.165) is 44.0 Å². The molecule has 1 heterocycles. The lowest BCUT2D eigenvalue weighted by Gasteiger charge is -2.41. The lowest BCUT2D eigenvalue weighted by Crippen LogP contribution is -2.46. The van der Waals surface area contributed by atoms with E-state index in [2.05, 4.69) is 10.2 Å². The molecule has 3 fully saturated rings. The van der Waals surface area contributed by atoms with Gasteiger partial charge in [0.1, 0.15) is 5.69 Å². The van der Waals surface area contributed by atoms with Gasteiger partial charge in [-0.25, -0.2) is 0 Å². The minimum Gasteiger partial charge on any atom is -0.378 e. The van der Waals surface area contributed by atoms with Gasteiger partial charge in [0.25, 0.3) is 5.69 Å². The lowest BCUT2D eigenvalue weighted by molar-refractivity contribution is -0.384. The van der Waals surface area contributed by atoms with E-state index in [1.165, 1.54) is 38.5 Å². The summed E-state index contributed by atoms with van der Waals surface area (Å²) in [6.45, 7) is 5.12. The van der Waals surface area contributed by atoms with Crippen LogP contribution >= 0.6 is 0 Å². The summed E-state index contributed by atoms with van der Waals surface area (Å²) in [7, 11) is 0. The van der Waals surface area contributed by atoms with Crippen molar-refractivity contribution in [1.29, 1.82) is 0 Å². The Morgan fingerprint density at radius 3 is 2.46 bits per heavy atom. The summed E-state index contributed by atoms with van der Waals surface area (Å²) in [5.41, 5.74) is 1.89. The Morgan fingerprint density at radius 1 is 1.11 bits per heavy atom. The van der Waals surface area contributed by atoms with Crippen LogP contribution in [0, 0.1) is 23.0 Å². The van der Waals surface area contributed by atoms with E-state index in [4.69, 9.17) is 4.74 Å². The zero-order valence-corrected chi connectivity index (χ0v) is 16.9. The minimum absolute atomic E-state index is 0.178. The maximum Gasteiger partial charge on any atom is 0.292 e. The van der Waals surface area contributed by atoms with Crippen LogP contribution < -0.4 is 5.32 Å². The number of piperidine rings is 1. The summed E-state index contributed by atoms with van der Waals surface area (Å²) in [6.07, 6.45) is 10.2. The number of ether oxygens (including phenoxy) is 1. The summed E-state index contributed by atoms with van der Waals surface area (Å²) in [4.78, 5) is 13.6. The predicted octanol–water partition coefficient (Wildman–Crippen LogP) is 4.52. The Balaban J connectivity index is 1.23. The number of hydrogen-bond donors (Lipinski definition) is 1. The van der Waals surface area contributed by atoms with Crippen molar-refractivity contribution in [3.05, 3.63) is 33.9 Å². The van der Waals surface area contributed by atoms with Gasteiger partial charge in [0.05, 0.1) is 11.0 Å². The number of rotatable bonds is 7. The first-order valence-corrected chi connectivity index (χ1v) is 11.0. The van der Waals surface area contributed by atoms with Crippen LogP contribution in [0.3, 0.4) is 0 Å². The van der Waals surface area contributed by atoms with E-state index in [1.54, 1.807) is 12.1 Å². The highest BCUT2D eigenvalue weighted by Crippen LogP contribution is 2.33. The fraction of sp³-hybridized carbons (Fsp3) is 0.727. The van der Waals surface area contributed by atoms with Crippen LogP contribution in [0.15, 0.2) is 18.2 Å². The molecule has 154 valence electrons. The zero-order valence-electron chi connectivity index (χ0n) is 16.9. The third kappa shape index (κ3) is 5.03. The molecule has 1 aliphatic heterocycles. The molecule has 6 nitrogen and oxygen atoms in total. The quantitative estimate of drug-likeness (QED) is 0.550. The van der Waals surface area contributed by atoms with E-state index >= 15 is 0 Å². The van der Waals surface area contributed by atoms with Crippen molar-refractivity contribution in [2.45, 2.75) is 76.5 Å². The van der Waals surface area contributed by atoms with Gasteiger partial charge in [-0.15, -0.1) is 0 Å². The smallest absolute Gasteiger partial charge is 0.292 e. The van der Waals surface area contributed by atoms with E-state index < -0.39 is 0 Å². The fourth-order valence-corrected chi connectivity index (χ4v) is 4.69. The first kappa shape index (κ1) is 19.6. The van der Waals surface area contributed by atoms with E-state index in [9.17, 15) is 10.1 Å². The molecule has 1 saturated heterocycles. The molecule has 6 heteroatoms. The predicted molar refractivity (Wildman–Crippen MR) is 111 cm³/mol. The summed E-state index contributed by atoms with van der Waals surface area (Å²) >= 11 is 0. The number of nitro groups is 1. The summed E-state index contributed by atoms with van der Waals surface area (Å²) in [5, 5.41) is 14.7. The van der Waals surface area contributed by atoms with Gasteiger partial charge in [-0.05, 0) is 75.8 Å². The topological polar surface area (TPSA) is 67.6 Å².